The maximum absolute atomic E-state index is 12.8. The van der Waals surface area contributed by atoms with Crippen LogP contribution >= 0.6 is 0 Å². The van der Waals surface area contributed by atoms with Crippen LogP contribution in [0.4, 0.5) is 0 Å². The van der Waals surface area contributed by atoms with Crippen LogP contribution in [0, 0.1) is 17.8 Å². The number of ether oxygens (including phenoxy) is 4. The molecule has 0 aromatic rings. The molecule has 1 fully saturated rings. The second-order valence-electron chi connectivity index (χ2n) is 12.1. The molecule has 0 unspecified atom stereocenters. The summed E-state index contributed by atoms with van der Waals surface area (Å²) in [4.78, 5) is 36.4. The molecule has 42 heavy (non-hydrogen) atoms. The first kappa shape index (κ1) is 35.7. The molecule has 0 amide bonds. The number of hydrogen-bond donors (Lipinski definition) is 3. The Bertz CT molecular complexity index is 1010. The van der Waals surface area contributed by atoms with Gasteiger partial charge in [0.15, 0.2) is 6.10 Å². The first-order valence-electron chi connectivity index (χ1n) is 14.9. The third kappa shape index (κ3) is 10.6. The number of hydrogen-bond acceptors (Lipinski definition) is 10. The summed E-state index contributed by atoms with van der Waals surface area (Å²) < 4.78 is 22.2. The van der Waals surface area contributed by atoms with Gasteiger partial charge in [0.2, 0.25) is 0 Å². The van der Waals surface area contributed by atoms with Gasteiger partial charge in [-0.1, -0.05) is 52.0 Å². The summed E-state index contributed by atoms with van der Waals surface area (Å²) in [6.07, 6.45) is 5.26. The van der Waals surface area contributed by atoms with Gasteiger partial charge < -0.3 is 34.3 Å². The molecular weight excluding hydrogens is 544 g/mol. The van der Waals surface area contributed by atoms with Gasteiger partial charge in [-0.05, 0) is 44.3 Å². The summed E-state index contributed by atoms with van der Waals surface area (Å²) in [5, 5.41) is 32.1. The Kier molecular flexibility index (Phi) is 13.4. The number of cyclic esters (lactones) is 1. The lowest BCUT2D eigenvalue weighted by Crippen LogP contribution is -2.53. The van der Waals surface area contributed by atoms with Crippen molar-refractivity contribution in [2.45, 2.75) is 129 Å². The van der Waals surface area contributed by atoms with Gasteiger partial charge in [0, 0.05) is 32.1 Å². The van der Waals surface area contributed by atoms with Crippen LogP contribution < -0.4 is 0 Å². The average molecular weight is 595 g/mol. The van der Waals surface area contributed by atoms with Crippen LogP contribution in [0.3, 0.4) is 0 Å². The van der Waals surface area contributed by atoms with Gasteiger partial charge >= 0.3 is 17.9 Å². The molecular formula is C32H50O10. The minimum Gasteiger partial charge on any atom is -0.459 e. The molecule has 0 radical (unpaired) electrons. The van der Waals surface area contributed by atoms with Crippen molar-refractivity contribution < 1.29 is 48.7 Å². The number of epoxide rings is 1. The summed E-state index contributed by atoms with van der Waals surface area (Å²) >= 11 is 0. The van der Waals surface area contributed by atoms with E-state index in [1.807, 2.05) is 45.9 Å². The highest BCUT2D eigenvalue weighted by molar-refractivity contribution is 5.70. The third-order valence-electron chi connectivity index (χ3n) is 8.06. The zero-order chi connectivity index (χ0) is 31.8. The molecule has 1 saturated heterocycles. The van der Waals surface area contributed by atoms with E-state index in [0.29, 0.717) is 6.42 Å². The van der Waals surface area contributed by atoms with Crippen molar-refractivity contribution in [1.29, 1.82) is 0 Å². The molecule has 0 aromatic heterocycles. The predicted molar refractivity (Wildman–Crippen MR) is 156 cm³/mol. The highest BCUT2D eigenvalue weighted by atomic mass is 16.6. The lowest BCUT2D eigenvalue weighted by atomic mass is 9.86. The maximum Gasteiger partial charge on any atom is 0.309 e. The molecule has 3 N–H and O–H groups in total. The van der Waals surface area contributed by atoms with E-state index in [1.54, 1.807) is 6.08 Å². The van der Waals surface area contributed by atoms with Crippen LogP contribution in [-0.2, 0) is 33.3 Å². The SMILES string of the molecule is CC[C@H](O)[C@@H](C)[C@H]1O[C@@H]1C[C@@H](C)/C=C/C=C(\C)[C@@H]1OC(=O)C[C@H](O)C[C@@H](OC(C)=O)[C@@](C)(O)[C@@H](OC(C)=O)/C=C/[C@@H]1C. The lowest BCUT2D eigenvalue weighted by molar-refractivity contribution is -0.187. The van der Waals surface area contributed by atoms with Crippen molar-refractivity contribution >= 4 is 17.9 Å². The molecule has 0 aromatic carbocycles. The Morgan fingerprint density at radius 3 is 2.40 bits per heavy atom. The van der Waals surface area contributed by atoms with Crippen molar-refractivity contribution in [1.82, 2.24) is 0 Å². The van der Waals surface area contributed by atoms with E-state index in [4.69, 9.17) is 18.9 Å². The second-order valence-corrected chi connectivity index (χ2v) is 12.1. The highest BCUT2D eigenvalue weighted by Crippen LogP contribution is 2.36. The number of esters is 3. The summed E-state index contributed by atoms with van der Waals surface area (Å²) in [6, 6.07) is 0. The van der Waals surface area contributed by atoms with Crippen LogP contribution in [-0.4, -0.2) is 81.6 Å². The molecule has 238 valence electrons. The number of carbonyl (C=O) groups is 3. The monoisotopic (exact) mass is 594 g/mol. The van der Waals surface area contributed by atoms with E-state index in [9.17, 15) is 29.7 Å². The van der Waals surface area contributed by atoms with E-state index in [-0.39, 0.29) is 43.0 Å². The maximum atomic E-state index is 12.8. The van der Waals surface area contributed by atoms with E-state index in [0.717, 1.165) is 18.9 Å². The van der Waals surface area contributed by atoms with Crippen LogP contribution in [0.5, 0.6) is 0 Å². The highest BCUT2D eigenvalue weighted by Gasteiger charge is 2.46. The predicted octanol–water partition coefficient (Wildman–Crippen LogP) is 3.56. The molecule has 10 heteroatoms. The lowest BCUT2D eigenvalue weighted by Gasteiger charge is -2.38. The number of carbonyl (C=O) groups excluding carboxylic acids is 3. The van der Waals surface area contributed by atoms with E-state index in [2.05, 4.69) is 6.92 Å². The van der Waals surface area contributed by atoms with Gasteiger partial charge in [0.25, 0.3) is 0 Å². The Labute approximate surface area is 249 Å². The molecule has 0 bridgehead atoms. The Morgan fingerprint density at radius 2 is 1.81 bits per heavy atom. The van der Waals surface area contributed by atoms with Crippen LogP contribution in [0.25, 0.3) is 0 Å². The van der Waals surface area contributed by atoms with Gasteiger partial charge in [0.1, 0.15) is 17.8 Å². The largest absolute Gasteiger partial charge is 0.459 e. The van der Waals surface area contributed by atoms with Crippen molar-refractivity contribution in [3.63, 3.8) is 0 Å². The topological polar surface area (TPSA) is 152 Å². The van der Waals surface area contributed by atoms with Gasteiger partial charge in [0.05, 0.1) is 30.8 Å². The molecule has 2 aliphatic heterocycles. The van der Waals surface area contributed by atoms with Crippen LogP contribution in [0.2, 0.25) is 0 Å². The average Bonchev–Trinajstić information content (AvgIpc) is 3.65. The quantitative estimate of drug-likeness (QED) is 0.113. The van der Waals surface area contributed by atoms with Crippen LogP contribution in [0.15, 0.2) is 36.0 Å². The first-order chi connectivity index (χ1) is 19.6. The molecule has 0 aliphatic carbocycles. The summed E-state index contributed by atoms with van der Waals surface area (Å²) in [7, 11) is 0. The normalized spacial score (nSPS) is 35.6. The van der Waals surface area contributed by atoms with Gasteiger partial charge in [-0.3, -0.25) is 14.4 Å². The standard InChI is InChI=1S/C32H50O10/c1-9-25(36)21(5)31-26(41-31)15-18(2)11-10-12-19(3)30-20(4)13-14-27(39-22(6)33)32(8,38)28(40-23(7)34)16-24(35)17-29(37)42-30/h10-14,18,20-21,24-28,30-31,35-36,38H,9,15-17H2,1-8H3/b11-10+,14-13+,19-12+/t18-,20-,21+,24+,25-,26+,27-,28+,30-,31+,32-/m0/s1. The number of aliphatic hydroxyl groups excluding tert-OH is 2. The Balaban J connectivity index is 2.23. The fraction of sp³-hybridized carbons (Fsp3) is 0.719. The van der Waals surface area contributed by atoms with Gasteiger partial charge in [-0.15, -0.1) is 0 Å². The number of aliphatic hydroxyl groups is 3. The molecule has 2 heterocycles. The molecule has 11 atom stereocenters. The van der Waals surface area contributed by atoms with E-state index < -0.39 is 53.8 Å². The third-order valence-corrected chi connectivity index (χ3v) is 8.06. The molecule has 2 rings (SSSR count). The van der Waals surface area contributed by atoms with Gasteiger partial charge in [-0.2, -0.15) is 0 Å². The van der Waals surface area contributed by atoms with Crippen molar-refractivity contribution in [3.05, 3.63) is 36.0 Å². The summed E-state index contributed by atoms with van der Waals surface area (Å²) in [6.45, 7) is 13.4. The zero-order valence-electron chi connectivity index (χ0n) is 26.2. The fourth-order valence-corrected chi connectivity index (χ4v) is 5.36. The molecule has 2 aliphatic rings. The van der Waals surface area contributed by atoms with E-state index in [1.165, 1.54) is 19.9 Å². The Hall–Kier alpha value is -2.53. The number of rotatable bonds is 10. The summed E-state index contributed by atoms with van der Waals surface area (Å²) in [5.41, 5.74) is -1.14. The summed E-state index contributed by atoms with van der Waals surface area (Å²) in [5.74, 6) is -2.07. The minimum atomic E-state index is -1.90. The molecule has 0 saturated carbocycles. The first-order valence-corrected chi connectivity index (χ1v) is 14.9. The second kappa shape index (κ2) is 15.8. The van der Waals surface area contributed by atoms with E-state index >= 15 is 0 Å². The van der Waals surface area contributed by atoms with Crippen molar-refractivity contribution in [3.8, 4) is 0 Å². The van der Waals surface area contributed by atoms with Crippen molar-refractivity contribution in [2.24, 2.45) is 17.8 Å². The van der Waals surface area contributed by atoms with Gasteiger partial charge in [-0.25, -0.2) is 0 Å². The smallest absolute Gasteiger partial charge is 0.309 e. The number of allylic oxidation sites excluding steroid dienone is 3. The molecule has 10 nitrogen and oxygen atoms in total. The van der Waals surface area contributed by atoms with Crippen molar-refractivity contribution in [2.75, 3.05) is 0 Å². The fourth-order valence-electron chi connectivity index (χ4n) is 5.36. The molecule has 0 spiro atoms. The Morgan fingerprint density at radius 1 is 1.17 bits per heavy atom. The van der Waals surface area contributed by atoms with Crippen LogP contribution in [0.1, 0.15) is 81.1 Å². The zero-order valence-corrected chi connectivity index (χ0v) is 26.2. The minimum absolute atomic E-state index is 0.0765.